The summed E-state index contributed by atoms with van der Waals surface area (Å²) in [6.07, 6.45) is 5.56. The van der Waals surface area contributed by atoms with E-state index in [0.29, 0.717) is 5.56 Å². The van der Waals surface area contributed by atoms with Gasteiger partial charge in [-0.3, -0.25) is 9.88 Å². The zero-order valence-corrected chi connectivity index (χ0v) is 20.1. The number of halogens is 1. The summed E-state index contributed by atoms with van der Waals surface area (Å²) >= 11 is 3.35. The number of rotatable bonds is 4. The van der Waals surface area contributed by atoms with Gasteiger partial charge in [0.15, 0.2) is 0 Å². The van der Waals surface area contributed by atoms with Crippen molar-refractivity contribution in [2.24, 2.45) is 0 Å². The molecule has 8 nitrogen and oxygen atoms in total. The van der Waals surface area contributed by atoms with Gasteiger partial charge in [-0.05, 0) is 47.1 Å². The van der Waals surface area contributed by atoms with E-state index in [1.54, 1.807) is 12.4 Å². The molecular formula is C24H26BrN7O. The number of piperazine rings is 1. The van der Waals surface area contributed by atoms with Crippen LogP contribution in [0.3, 0.4) is 0 Å². The maximum Gasteiger partial charge on any atom is 0.147 e. The monoisotopic (exact) mass is 507 g/mol. The van der Waals surface area contributed by atoms with Crippen molar-refractivity contribution in [3.05, 3.63) is 53.0 Å². The van der Waals surface area contributed by atoms with Gasteiger partial charge in [0, 0.05) is 63.1 Å². The van der Waals surface area contributed by atoms with Gasteiger partial charge in [-0.2, -0.15) is 5.26 Å². The molecule has 0 aliphatic carbocycles. The molecule has 2 aromatic heterocycles. The van der Waals surface area contributed by atoms with Crippen LogP contribution in [-0.2, 0) is 4.74 Å². The Kier molecular flexibility index (Phi) is 6.40. The molecule has 0 spiro atoms. The van der Waals surface area contributed by atoms with Crippen LogP contribution in [0.25, 0.3) is 10.9 Å². The summed E-state index contributed by atoms with van der Waals surface area (Å²) in [5.41, 5.74) is 2.50. The molecule has 33 heavy (non-hydrogen) atoms. The summed E-state index contributed by atoms with van der Waals surface area (Å²) in [5.74, 6) is 0.924. The van der Waals surface area contributed by atoms with E-state index >= 15 is 0 Å². The average Bonchev–Trinajstić information content (AvgIpc) is 2.84. The number of anilines is 2. The first-order valence-corrected chi connectivity index (χ1v) is 12.0. The molecule has 1 aromatic carbocycles. The van der Waals surface area contributed by atoms with Gasteiger partial charge in [0.2, 0.25) is 0 Å². The zero-order valence-electron chi connectivity index (χ0n) is 18.6. The van der Waals surface area contributed by atoms with Crippen LogP contribution >= 0.6 is 15.9 Å². The quantitative estimate of drug-likeness (QED) is 0.532. The smallest absolute Gasteiger partial charge is 0.147 e. The van der Waals surface area contributed by atoms with Crippen molar-refractivity contribution in [2.45, 2.75) is 19.1 Å². The van der Waals surface area contributed by atoms with Crippen molar-refractivity contribution < 1.29 is 4.74 Å². The molecule has 2 saturated heterocycles. The fraction of sp³-hybridized carbons (Fsp3) is 0.417. The fourth-order valence-electron chi connectivity index (χ4n) is 4.78. The lowest BCUT2D eigenvalue weighted by Crippen LogP contribution is -2.54. The number of benzene rings is 1. The van der Waals surface area contributed by atoms with Crippen LogP contribution in [0.5, 0.6) is 0 Å². The van der Waals surface area contributed by atoms with E-state index in [-0.39, 0.29) is 12.2 Å². The number of hydrogen-bond acceptors (Lipinski definition) is 8. The van der Waals surface area contributed by atoms with Gasteiger partial charge in [-0.15, -0.1) is 0 Å². The minimum absolute atomic E-state index is 0.120. The highest BCUT2D eigenvalue weighted by molar-refractivity contribution is 9.10. The Labute approximate surface area is 201 Å². The maximum absolute atomic E-state index is 9.46. The molecule has 0 bridgehead atoms. The molecule has 0 unspecified atom stereocenters. The summed E-state index contributed by atoms with van der Waals surface area (Å²) in [7, 11) is 0. The van der Waals surface area contributed by atoms with Crippen LogP contribution in [0.1, 0.15) is 12.5 Å². The molecule has 2 fully saturated rings. The Morgan fingerprint density at radius 1 is 1.06 bits per heavy atom. The van der Waals surface area contributed by atoms with Crippen LogP contribution in [0.2, 0.25) is 0 Å². The van der Waals surface area contributed by atoms with Gasteiger partial charge < -0.3 is 14.5 Å². The molecule has 5 rings (SSSR count). The van der Waals surface area contributed by atoms with Crippen LogP contribution in [0, 0.1) is 11.3 Å². The predicted molar refractivity (Wildman–Crippen MR) is 131 cm³/mol. The number of ether oxygens (including phenoxy) is 1. The summed E-state index contributed by atoms with van der Waals surface area (Å²) < 4.78 is 7.08. The van der Waals surface area contributed by atoms with E-state index in [4.69, 9.17) is 4.74 Å². The number of morpholine rings is 1. The normalized spacial score (nSPS) is 21.8. The highest BCUT2D eigenvalue weighted by atomic mass is 79.9. The summed E-state index contributed by atoms with van der Waals surface area (Å²) in [5, 5.41) is 10.5. The van der Waals surface area contributed by atoms with Crippen molar-refractivity contribution >= 4 is 38.3 Å². The second-order valence-electron chi connectivity index (χ2n) is 8.60. The van der Waals surface area contributed by atoms with E-state index in [0.717, 1.165) is 72.8 Å². The van der Waals surface area contributed by atoms with Gasteiger partial charge in [-0.1, -0.05) is 0 Å². The summed E-state index contributed by atoms with van der Waals surface area (Å²) in [6, 6.07) is 10.2. The second kappa shape index (κ2) is 9.59. The molecule has 2 aliphatic heterocycles. The van der Waals surface area contributed by atoms with Crippen molar-refractivity contribution in [3.8, 4) is 6.07 Å². The number of aromatic nitrogens is 3. The molecule has 170 valence electrons. The molecule has 0 amide bonds. The Hall–Kier alpha value is -2.80. The molecule has 0 radical (unpaired) electrons. The molecule has 2 atom stereocenters. The van der Waals surface area contributed by atoms with E-state index in [9.17, 15) is 5.26 Å². The molecule has 0 saturated carbocycles. The standard InChI is InChI=1S/C24H26BrN7O/c1-17-14-32(21-5-4-18(11-26)24-20(21)3-2-6-27-24)16-19(33-17)15-30-7-9-31(10-8-30)23-13-28-22(25)12-29-23/h2-6,12-13,17,19H,7-10,14-16H2,1H3/t17-,19+/m1/s1. The SMILES string of the molecule is C[C@@H]1CN(c2ccc(C#N)c3ncccc23)C[C@H](CN2CCN(c3cnc(Br)cn3)CC2)O1. The first-order chi connectivity index (χ1) is 16.1. The topological polar surface area (TPSA) is 81.4 Å². The predicted octanol–water partition coefficient (Wildman–Crippen LogP) is 3.07. The third-order valence-electron chi connectivity index (χ3n) is 6.30. The van der Waals surface area contributed by atoms with Crippen molar-refractivity contribution in [2.75, 3.05) is 55.6 Å². The van der Waals surface area contributed by atoms with E-state index in [1.807, 2.05) is 18.3 Å². The van der Waals surface area contributed by atoms with E-state index in [1.165, 1.54) is 0 Å². The van der Waals surface area contributed by atoms with Crippen LogP contribution < -0.4 is 9.80 Å². The zero-order chi connectivity index (χ0) is 22.8. The number of nitriles is 1. The summed E-state index contributed by atoms with van der Waals surface area (Å²) in [4.78, 5) is 20.4. The first-order valence-electron chi connectivity index (χ1n) is 11.2. The van der Waals surface area contributed by atoms with Crippen molar-refractivity contribution in [3.63, 3.8) is 0 Å². The largest absolute Gasteiger partial charge is 0.370 e. The van der Waals surface area contributed by atoms with Gasteiger partial charge >= 0.3 is 0 Å². The number of fused-ring (bicyclic) bond motifs is 1. The van der Waals surface area contributed by atoms with Crippen LogP contribution in [0.4, 0.5) is 11.5 Å². The molecule has 2 aliphatic rings. The fourth-order valence-corrected chi connectivity index (χ4v) is 4.99. The van der Waals surface area contributed by atoms with E-state index in [2.05, 4.69) is 70.7 Å². The lowest BCUT2D eigenvalue weighted by molar-refractivity contribution is -0.0327. The Morgan fingerprint density at radius 2 is 1.91 bits per heavy atom. The number of nitrogens with zero attached hydrogens (tertiary/aromatic N) is 7. The molecule has 9 heteroatoms. The van der Waals surface area contributed by atoms with Gasteiger partial charge in [0.05, 0.1) is 35.7 Å². The highest BCUT2D eigenvalue weighted by Crippen LogP contribution is 2.30. The van der Waals surface area contributed by atoms with Gasteiger partial charge in [0.1, 0.15) is 16.5 Å². The molecular weight excluding hydrogens is 482 g/mol. The minimum atomic E-state index is 0.120. The Bertz CT molecular complexity index is 1160. The van der Waals surface area contributed by atoms with Crippen molar-refractivity contribution in [1.29, 1.82) is 5.26 Å². The lowest BCUT2D eigenvalue weighted by Gasteiger charge is -2.42. The minimum Gasteiger partial charge on any atom is -0.370 e. The Balaban J connectivity index is 1.26. The summed E-state index contributed by atoms with van der Waals surface area (Å²) in [6.45, 7) is 8.45. The molecule has 4 heterocycles. The molecule has 0 N–H and O–H groups in total. The highest BCUT2D eigenvalue weighted by Gasteiger charge is 2.29. The number of hydrogen-bond donors (Lipinski definition) is 0. The average molecular weight is 508 g/mol. The van der Waals surface area contributed by atoms with Gasteiger partial charge in [-0.25, -0.2) is 9.97 Å². The third-order valence-corrected chi connectivity index (χ3v) is 6.71. The molecule has 3 aromatic rings. The van der Waals surface area contributed by atoms with Crippen molar-refractivity contribution in [1.82, 2.24) is 19.9 Å². The second-order valence-corrected chi connectivity index (χ2v) is 9.41. The van der Waals surface area contributed by atoms with Crippen LogP contribution in [0.15, 0.2) is 47.5 Å². The first kappa shape index (κ1) is 22.0. The Morgan fingerprint density at radius 3 is 2.67 bits per heavy atom. The van der Waals surface area contributed by atoms with E-state index < -0.39 is 0 Å². The number of pyridine rings is 1. The van der Waals surface area contributed by atoms with Crippen LogP contribution in [-0.4, -0.2) is 77.9 Å². The maximum atomic E-state index is 9.46. The lowest BCUT2D eigenvalue weighted by atomic mass is 10.1. The van der Waals surface area contributed by atoms with Gasteiger partial charge in [0.25, 0.3) is 0 Å². The third kappa shape index (κ3) is 4.78.